The van der Waals surface area contributed by atoms with Gasteiger partial charge in [0, 0.05) is 48.5 Å². The largest absolute Gasteiger partial charge is 0.361 e. The number of hydrogen-bond acceptors (Lipinski definition) is 4. The number of carbonyl (C=O) groups is 4. The monoisotopic (exact) mass is 556 g/mol. The van der Waals surface area contributed by atoms with Gasteiger partial charge in [0.1, 0.15) is 15.1 Å². The summed E-state index contributed by atoms with van der Waals surface area (Å²) in [4.78, 5) is 53.3. The summed E-state index contributed by atoms with van der Waals surface area (Å²) in [6.07, 6.45) is 3.65. The van der Waals surface area contributed by atoms with Gasteiger partial charge in [0.2, 0.25) is 0 Å². The number of para-hydroxylation sites is 2. The van der Waals surface area contributed by atoms with E-state index < -0.39 is 17.7 Å². The van der Waals surface area contributed by atoms with Crippen LogP contribution in [0.4, 0.5) is 0 Å². The average molecular weight is 558 g/mol. The number of benzene rings is 2. The number of carbonyl (C=O) groups excluding carboxylic acids is 4. The van der Waals surface area contributed by atoms with E-state index >= 15 is 0 Å². The van der Waals surface area contributed by atoms with Crippen molar-refractivity contribution in [3.8, 4) is 0 Å². The van der Waals surface area contributed by atoms with Crippen molar-refractivity contribution in [2.75, 3.05) is 14.1 Å². The lowest BCUT2D eigenvalue weighted by Gasteiger charge is -2.05. The first-order valence-corrected chi connectivity index (χ1v) is 11.9. The van der Waals surface area contributed by atoms with Gasteiger partial charge in [-0.3, -0.25) is 29.0 Å². The first kappa shape index (κ1) is 26.2. The van der Waals surface area contributed by atoms with Gasteiger partial charge in [-0.15, -0.1) is 0 Å². The number of nitrogens with one attached hydrogen (secondary N) is 2. The van der Waals surface area contributed by atoms with Crippen molar-refractivity contribution in [3.63, 3.8) is 0 Å². The number of halogens is 3. The van der Waals surface area contributed by atoms with E-state index in [0.29, 0.717) is 5.56 Å². The molecule has 0 unspecified atom stereocenters. The van der Waals surface area contributed by atoms with Crippen molar-refractivity contribution in [1.82, 2.24) is 19.8 Å². The van der Waals surface area contributed by atoms with Crippen LogP contribution in [0.2, 0.25) is 0 Å². The lowest BCUT2D eigenvalue weighted by atomic mass is 10.1. The van der Waals surface area contributed by atoms with Gasteiger partial charge in [0.15, 0.2) is 0 Å². The van der Waals surface area contributed by atoms with Crippen LogP contribution in [0.1, 0.15) is 5.56 Å². The van der Waals surface area contributed by atoms with E-state index in [1.54, 1.807) is 6.20 Å². The number of fused-ring (bicyclic) bond motifs is 2. The Balaban J connectivity index is 0.000000142. The molecule has 4 amide bonds. The topological polar surface area (TPSA) is 106 Å². The molecule has 0 fully saturated rings. The Morgan fingerprint density at radius 1 is 0.622 bits per heavy atom. The van der Waals surface area contributed by atoms with E-state index in [2.05, 4.69) is 28.2 Å². The van der Waals surface area contributed by atoms with Crippen LogP contribution < -0.4 is 0 Å². The molecule has 0 atom stereocenters. The van der Waals surface area contributed by atoms with Crippen LogP contribution in [0.25, 0.3) is 27.4 Å². The third-order valence-corrected chi connectivity index (χ3v) is 6.88. The highest BCUT2D eigenvalue weighted by atomic mass is 35.5. The third kappa shape index (κ3) is 4.91. The van der Waals surface area contributed by atoms with Crippen molar-refractivity contribution in [2.45, 2.75) is 0 Å². The van der Waals surface area contributed by atoms with Crippen LogP contribution in [0, 0.1) is 0 Å². The van der Waals surface area contributed by atoms with Gasteiger partial charge in [0.05, 0.1) is 5.57 Å². The number of likely N-dealkylation sites (N-methyl/N-ethyl adjacent to an activating group) is 2. The Morgan fingerprint density at radius 2 is 1.16 bits per heavy atom. The Labute approximate surface area is 226 Å². The van der Waals surface area contributed by atoms with E-state index in [1.165, 1.54) is 25.0 Å². The maximum absolute atomic E-state index is 12.0. The molecule has 6 rings (SSSR count). The van der Waals surface area contributed by atoms with E-state index in [0.717, 1.165) is 20.7 Å². The summed E-state index contributed by atoms with van der Waals surface area (Å²) in [5.41, 5.74) is 3.04. The first-order valence-electron chi connectivity index (χ1n) is 10.8. The van der Waals surface area contributed by atoms with Crippen LogP contribution in [0.3, 0.4) is 0 Å². The van der Waals surface area contributed by atoms with Crippen LogP contribution >= 0.6 is 34.8 Å². The summed E-state index contributed by atoms with van der Waals surface area (Å²) in [6, 6.07) is 17.8. The third-order valence-electron chi connectivity index (χ3n) is 5.73. The van der Waals surface area contributed by atoms with Gasteiger partial charge < -0.3 is 9.97 Å². The fourth-order valence-corrected chi connectivity index (χ4v) is 4.41. The van der Waals surface area contributed by atoms with Gasteiger partial charge >= 0.3 is 0 Å². The number of hydrogen-bond donors (Lipinski definition) is 2. The summed E-state index contributed by atoms with van der Waals surface area (Å²) in [7, 11) is 2.75. The van der Waals surface area contributed by atoms with Crippen molar-refractivity contribution in [2.24, 2.45) is 0 Å². The molecule has 8 nitrogen and oxygen atoms in total. The zero-order chi connectivity index (χ0) is 26.9. The predicted molar refractivity (Wildman–Crippen MR) is 144 cm³/mol. The molecule has 2 aromatic carbocycles. The Kier molecular flexibility index (Phi) is 7.54. The number of nitrogens with zero attached hydrogens (tertiary/aromatic N) is 2. The van der Waals surface area contributed by atoms with E-state index in [4.69, 9.17) is 34.8 Å². The van der Waals surface area contributed by atoms with Crippen LogP contribution in [0.5, 0.6) is 0 Å². The Hall–Kier alpha value is -3.85. The number of amides is 4. The molecule has 2 aliphatic heterocycles. The number of aromatic nitrogens is 2. The number of aromatic amines is 2. The molecule has 0 saturated heterocycles. The second kappa shape index (κ2) is 10.6. The quantitative estimate of drug-likeness (QED) is 0.323. The zero-order valence-electron chi connectivity index (χ0n) is 19.5. The standard InChI is InChI=1S/C13H9ClN2O2.C8H7N.C5H3Cl2NO2/c1-16-12(17)10(11(14)13(16)18)8-6-15-9-5-3-2-4-7(8)9;1-2-4-8-7(3-1)5-6-9-8;1-8-4(9)2(6)3(7)5(8)10/h2-6,15H,1H3;1-6,9H;1H3. The highest BCUT2D eigenvalue weighted by molar-refractivity contribution is 6.58. The lowest BCUT2D eigenvalue weighted by Crippen LogP contribution is -2.26. The molecule has 0 bridgehead atoms. The molecule has 0 saturated carbocycles. The molecule has 188 valence electrons. The molecule has 0 spiro atoms. The predicted octanol–water partition coefficient (Wildman–Crippen LogP) is 4.96. The molecule has 2 aromatic heterocycles. The first-order chi connectivity index (χ1) is 17.6. The van der Waals surface area contributed by atoms with Crippen molar-refractivity contribution >= 4 is 85.8 Å². The molecule has 4 heterocycles. The van der Waals surface area contributed by atoms with E-state index in [-0.39, 0.29) is 26.6 Å². The van der Waals surface area contributed by atoms with Gasteiger partial charge in [-0.25, -0.2) is 0 Å². The lowest BCUT2D eigenvalue weighted by molar-refractivity contribution is -0.136. The van der Waals surface area contributed by atoms with Crippen molar-refractivity contribution in [3.05, 3.63) is 87.7 Å². The second-order valence-corrected chi connectivity index (χ2v) is 9.10. The molecular formula is C26H19Cl3N4O4. The van der Waals surface area contributed by atoms with Crippen LogP contribution in [-0.4, -0.2) is 57.5 Å². The van der Waals surface area contributed by atoms with Crippen LogP contribution in [-0.2, 0) is 19.2 Å². The molecule has 11 heteroatoms. The Bertz CT molecular complexity index is 1580. The maximum atomic E-state index is 12.0. The summed E-state index contributed by atoms with van der Waals surface area (Å²) in [5.74, 6) is -1.91. The summed E-state index contributed by atoms with van der Waals surface area (Å²) in [6.45, 7) is 0. The Morgan fingerprint density at radius 3 is 1.70 bits per heavy atom. The number of rotatable bonds is 1. The maximum Gasteiger partial charge on any atom is 0.273 e. The van der Waals surface area contributed by atoms with Crippen LogP contribution in [0.15, 0.2) is 82.1 Å². The van der Waals surface area contributed by atoms with Gasteiger partial charge in [-0.05, 0) is 23.6 Å². The summed E-state index contributed by atoms with van der Waals surface area (Å²) >= 11 is 16.6. The average Bonchev–Trinajstić information content (AvgIpc) is 3.65. The van der Waals surface area contributed by atoms with Gasteiger partial charge in [-0.2, -0.15) is 0 Å². The molecule has 4 aromatic rings. The van der Waals surface area contributed by atoms with Gasteiger partial charge in [0.25, 0.3) is 23.6 Å². The zero-order valence-corrected chi connectivity index (χ0v) is 21.8. The van der Waals surface area contributed by atoms with E-state index in [1.807, 2.05) is 42.6 Å². The molecule has 0 radical (unpaired) electrons. The normalized spacial score (nSPS) is 15.6. The van der Waals surface area contributed by atoms with Gasteiger partial charge in [-0.1, -0.05) is 71.2 Å². The molecular weight excluding hydrogens is 539 g/mol. The number of H-pyrrole nitrogens is 2. The van der Waals surface area contributed by atoms with E-state index in [9.17, 15) is 19.2 Å². The molecule has 2 N–H and O–H groups in total. The SMILES string of the molecule is CN1C(=O)C(Cl)=C(Cl)C1=O.CN1C(=O)C(Cl)=C(c2c[nH]c3ccccc23)C1=O.c1ccc2[nH]ccc2c1. The molecule has 0 aliphatic carbocycles. The summed E-state index contributed by atoms with van der Waals surface area (Å²) in [5, 5.41) is 1.73. The smallest absolute Gasteiger partial charge is 0.273 e. The molecule has 37 heavy (non-hydrogen) atoms. The fourth-order valence-electron chi connectivity index (χ4n) is 3.69. The minimum Gasteiger partial charge on any atom is -0.361 e. The highest BCUT2D eigenvalue weighted by Gasteiger charge is 2.36. The highest BCUT2D eigenvalue weighted by Crippen LogP contribution is 2.34. The molecule has 2 aliphatic rings. The fraction of sp³-hybridized carbons (Fsp3) is 0.0769. The van der Waals surface area contributed by atoms with Crippen molar-refractivity contribution < 1.29 is 19.2 Å². The number of imide groups is 2. The van der Waals surface area contributed by atoms with Crippen molar-refractivity contribution in [1.29, 1.82) is 0 Å². The minimum absolute atomic E-state index is 0.0211. The second-order valence-electron chi connectivity index (χ2n) is 7.97. The minimum atomic E-state index is -0.545. The summed E-state index contributed by atoms with van der Waals surface area (Å²) < 4.78 is 0.